The van der Waals surface area contributed by atoms with Gasteiger partial charge in [0.1, 0.15) is 5.82 Å². The highest BCUT2D eigenvalue weighted by atomic mass is 16.2. The average Bonchev–Trinajstić information content (AvgIpc) is 2.48. The Balaban J connectivity index is 2.05. The zero-order chi connectivity index (χ0) is 15.4. The van der Waals surface area contributed by atoms with Crippen molar-refractivity contribution in [2.75, 3.05) is 5.43 Å². The fourth-order valence-electron chi connectivity index (χ4n) is 1.81. The maximum absolute atomic E-state index is 11.8. The first-order valence-corrected chi connectivity index (χ1v) is 6.35. The Morgan fingerprint density at radius 2 is 1.76 bits per heavy atom. The van der Waals surface area contributed by atoms with Crippen LogP contribution in [0.1, 0.15) is 5.56 Å². The maximum atomic E-state index is 11.8. The molecule has 2 aromatic rings. The predicted octanol–water partition coefficient (Wildman–Crippen LogP) is -0.230. The summed E-state index contributed by atoms with van der Waals surface area (Å²) in [5, 5.41) is 0. The minimum atomic E-state index is -0.470. The van der Waals surface area contributed by atoms with Crippen LogP contribution in [0.15, 0.2) is 46.0 Å². The van der Waals surface area contributed by atoms with Crippen molar-refractivity contribution in [3.63, 3.8) is 0 Å². The number of aromatic nitrogens is 2. The topological polar surface area (TPSA) is 85.1 Å². The lowest BCUT2D eigenvalue weighted by atomic mass is 10.1. The van der Waals surface area contributed by atoms with Crippen LogP contribution in [0, 0.1) is 0 Å². The van der Waals surface area contributed by atoms with Crippen LogP contribution >= 0.6 is 0 Å². The number of rotatable bonds is 4. The van der Waals surface area contributed by atoms with Crippen molar-refractivity contribution in [3.05, 3.63) is 62.8 Å². The quantitative estimate of drug-likeness (QED) is 0.761. The lowest BCUT2D eigenvalue weighted by Crippen LogP contribution is -2.40. The third-order valence-electron chi connectivity index (χ3n) is 3.06. The Morgan fingerprint density at radius 1 is 1.10 bits per heavy atom. The molecule has 1 aromatic carbocycles. The summed E-state index contributed by atoms with van der Waals surface area (Å²) < 4.78 is 2.22. The first-order chi connectivity index (χ1) is 9.99. The molecule has 7 heteroatoms. The number of hydrogen-bond donors (Lipinski definition) is 2. The molecule has 1 heterocycles. The van der Waals surface area contributed by atoms with Gasteiger partial charge in [0.25, 0.3) is 5.56 Å². The van der Waals surface area contributed by atoms with Crippen molar-refractivity contribution in [1.29, 1.82) is 0 Å². The van der Waals surface area contributed by atoms with Gasteiger partial charge in [-0.1, -0.05) is 30.3 Å². The number of amides is 1. The normalized spacial score (nSPS) is 10.2. The molecule has 0 radical (unpaired) electrons. The summed E-state index contributed by atoms with van der Waals surface area (Å²) in [6, 6.07) is 10.5. The fourth-order valence-corrected chi connectivity index (χ4v) is 1.81. The summed E-state index contributed by atoms with van der Waals surface area (Å²) in [5.74, 6) is -0.0427. The van der Waals surface area contributed by atoms with Crippen LogP contribution in [0.25, 0.3) is 0 Å². The van der Waals surface area contributed by atoms with Gasteiger partial charge in [-0.05, 0) is 5.56 Å². The van der Waals surface area contributed by atoms with Crippen molar-refractivity contribution < 1.29 is 4.79 Å². The molecule has 0 aliphatic carbocycles. The molecule has 0 fully saturated rings. The summed E-state index contributed by atoms with van der Waals surface area (Å²) in [6.45, 7) is 0. The van der Waals surface area contributed by atoms with Crippen molar-refractivity contribution in [2.24, 2.45) is 14.1 Å². The van der Waals surface area contributed by atoms with Crippen molar-refractivity contribution in [3.8, 4) is 0 Å². The summed E-state index contributed by atoms with van der Waals surface area (Å²) >= 11 is 0. The maximum Gasteiger partial charge on any atom is 0.332 e. The minimum absolute atomic E-state index is 0.201. The predicted molar refractivity (Wildman–Crippen MR) is 78.8 cm³/mol. The molecule has 0 aliphatic heterocycles. The molecule has 21 heavy (non-hydrogen) atoms. The van der Waals surface area contributed by atoms with E-state index >= 15 is 0 Å². The molecular weight excluding hydrogens is 272 g/mol. The van der Waals surface area contributed by atoms with Gasteiger partial charge in [0.15, 0.2) is 0 Å². The Kier molecular flexibility index (Phi) is 4.22. The van der Waals surface area contributed by atoms with Crippen LogP contribution in [0.3, 0.4) is 0 Å². The third kappa shape index (κ3) is 3.38. The second kappa shape index (κ2) is 6.08. The monoisotopic (exact) mass is 288 g/mol. The standard InChI is InChI=1S/C14H16N4O3/c1-17-11(9-13(20)18(2)14(17)21)15-16-12(19)8-10-6-4-3-5-7-10/h3-7,9,15H,8H2,1-2H3,(H,16,19). The third-order valence-corrected chi connectivity index (χ3v) is 3.06. The van der Waals surface area contributed by atoms with Crippen molar-refractivity contribution >= 4 is 11.7 Å². The van der Waals surface area contributed by atoms with Gasteiger partial charge in [-0.2, -0.15) is 0 Å². The molecule has 0 atom stereocenters. The molecule has 2 N–H and O–H groups in total. The molecule has 7 nitrogen and oxygen atoms in total. The van der Waals surface area contributed by atoms with Gasteiger partial charge in [0.2, 0.25) is 5.91 Å². The summed E-state index contributed by atoms with van der Waals surface area (Å²) in [6.07, 6.45) is 0.201. The highest BCUT2D eigenvalue weighted by molar-refractivity contribution is 5.79. The fraction of sp³-hybridized carbons (Fsp3) is 0.214. The number of carbonyl (C=O) groups excluding carboxylic acids is 1. The van der Waals surface area contributed by atoms with Gasteiger partial charge >= 0.3 is 5.69 Å². The highest BCUT2D eigenvalue weighted by Gasteiger charge is 2.07. The number of benzene rings is 1. The molecule has 0 bridgehead atoms. The first-order valence-electron chi connectivity index (χ1n) is 6.35. The van der Waals surface area contributed by atoms with Crippen LogP contribution in [0.2, 0.25) is 0 Å². The molecule has 1 aromatic heterocycles. The molecule has 0 unspecified atom stereocenters. The van der Waals surface area contributed by atoms with Gasteiger partial charge in [-0.3, -0.25) is 29.6 Å². The summed E-state index contributed by atoms with van der Waals surface area (Å²) in [4.78, 5) is 35.1. The van der Waals surface area contributed by atoms with Gasteiger partial charge < -0.3 is 0 Å². The lowest BCUT2D eigenvalue weighted by Gasteiger charge is -2.12. The van der Waals surface area contributed by atoms with Gasteiger partial charge in [-0.25, -0.2) is 4.79 Å². The Hall–Kier alpha value is -2.83. The second-order valence-corrected chi connectivity index (χ2v) is 4.60. The largest absolute Gasteiger partial charge is 0.332 e. The van der Waals surface area contributed by atoms with Crippen molar-refractivity contribution in [2.45, 2.75) is 6.42 Å². The number of hydrazine groups is 1. The number of nitrogens with one attached hydrogen (secondary N) is 2. The molecule has 2 rings (SSSR count). The molecule has 110 valence electrons. The van der Waals surface area contributed by atoms with Gasteiger partial charge in [0, 0.05) is 20.2 Å². The Morgan fingerprint density at radius 3 is 2.43 bits per heavy atom. The van der Waals surface area contributed by atoms with Crippen LogP contribution in [-0.2, 0) is 25.3 Å². The van der Waals surface area contributed by atoms with Crippen LogP contribution < -0.4 is 22.1 Å². The van der Waals surface area contributed by atoms with Crippen LogP contribution in [0.4, 0.5) is 5.82 Å². The Bertz CT molecular complexity index is 762. The SMILES string of the molecule is Cn1c(NNC(=O)Cc2ccccc2)cc(=O)n(C)c1=O. The van der Waals surface area contributed by atoms with Gasteiger partial charge in [0.05, 0.1) is 6.42 Å². The van der Waals surface area contributed by atoms with Gasteiger partial charge in [-0.15, -0.1) is 0 Å². The highest BCUT2D eigenvalue weighted by Crippen LogP contribution is 2.00. The zero-order valence-corrected chi connectivity index (χ0v) is 11.8. The number of carbonyl (C=O) groups is 1. The van der Waals surface area contributed by atoms with E-state index in [1.165, 1.54) is 24.7 Å². The van der Waals surface area contributed by atoms with E-state index < -0.39 is 11.2 Å². The minimum Gasteiger partial charge on any atom is -0.283 e. The van der Waals surface area contributed by atoms with E-state index in [1.807, 2.05) is 30.3 Å². The van der Waals surface area contributed by atoms with E-state index in [2.05, 4.69) is 10.9 Å². The molecule has 0 saturated carbocycles. The second-order valence-electron chi connectivity index (χ2n) is 4.60. The van der Waals surface area contributed by atoms with E-state index in [-0.39, 0.29) is 18.1 Å². The smallest absolute Gasteiger partial charge is 0.283 e. The number of anilines is 1. The molecule has 0 aliphatic rings. The van der Waals surface area contributed by atoms with E-state index in [0.717, 1.165) is 10.1 Å². The first kappa shape index (κ1) is 14.6. The summed E-state index contributed by atoms with van der Waals surface area (Å²) in [5.41, 5.74) is 5.01. The Labute approximate surface area is 120 Å². The van der Waals surface area contributed by atoms with Crippen molar-refractivity contribution in [1.82, 2.24) is 14.6 Å². The van der Waals surface area contributed by atoms with E-state index in [9.17, 15) is 14.4 Å². The lowest BCUT2D eigenvalue weighted by molar-refractivity contribution is -0.119. The molecule has 0 saturated heterocycles. The average molecular weight is 288 g/mol. The van der Waals surface area contributed by atoms with Crippen LogP contribution in [0.5, 0.6) is 0 Å². The molecule has 0 spiro atoms. The van der Waals surface area contributed by atoms with E-state index in [1.54, 1.807) is 0 Å². The van der Waals surface area contributed by atoms with E-state index in [0.29, 0.717) is 0 Å². The molecular formula is C14H16N4O3. The summed E-state index contributed by atoms with van der Waals surface area (Å²) in [7, 11) is 2.90. The van der Waals surface area contributed by atoms with Crippen LogP contribution in [-0.4, -0.2) is 15.0 Å². The number of hydrogen-bond acceptors (Lipinski definition) is 4. The molecule has 1 amide bonds. The zero-order valence-electron chi connectivity index (χ0n) is 11.8. The van der Waals surface area contributed by atoms with E-state index in [4.69, 9.17) is 0 Å². The number of nitrogens with zero attached hydrogens (tertiary/aromatic N) is 2.